The first-order valence-electron chi connectivity index (χ1n) is 16.5. The first-order valence-corrected chi connectivity index (χ1v) is 17.4. The Morgan fingerprint density at radius 3 is 2.65 bits per heavy atom. The minimum Gasteiger partial charge on any atom is -0.368 e. The third-order valence-electron chi connectivity index (χ3n) is 9.90. The van der Waals surface area contributed by atoms with Crippen LogP contribution in [0.2, 0.25) is 0 Å². The zero-order valence-corrected chi connectivity index (χ0v) is 27.2. The smallest absolute Gasteiger partial charge is 0.222 e. The molecular weight excluding hydrogens is 554 g/mol. The fraction of sp³-hybridized carbons (Fsp3) is 0.618. The van der Waals surface area contributed by atoms with Gasteiger partial charge in [-0.1, -0.05) is 13.0 Å². The van der Waals surface area contributed by atoms with Crippen LogP contribution >= 0.6 is 11.3 Å². The number of benzene rings is 1. The maximum atomic E-state index is 13.4. The molecule has 2 aromatic heterocycles. The molecule has 0 aliphatic carbocycles. The summed E-state index contributed by atoms with van der Waals surface area (Å²) in [6.45, 7) is 16.7. The molecule has 232 valence electrons. The van der Waals surface area contributed by atoms with Crippen molar-refractivity contribution in [3.63, 3.8) is 0 Å². The van der Waals surface area contributed by atoms with E-state index < -0.39 is 0 Å². The molecule has 1 atom stereocenters. The number of thiazole rings is 1. The molecule has 1 N–H and O–H groups in total. The van der Waals surface area contributed by atoms with Gasteiger partial charge in [0.2, 0.25) is 5.91 Å². The standard InChI is InChI=1S/C34H49N7OS/c1-25-9-17-41(18-10-25)34-37-29(24-43-34)30(23-31(42)35-12-19-38-13-4-5-14-38)39-15-7-16-40(21-20-39)33-27(3)26(2)22-28-8-6-11-36-32(28)33/h6,8,11,22,24-25,30H,4-5,7,9-10,12-21,23H2,1-3H3,(H,35,42). The predicted octanol–water partition coefficient (Wildman–Crippen LogP) is 5.40. The van der Waals surface area contributed by atoms with Crippen molar-refractivity contribution in [1.82, 2.24) is 25.1 Å². The lowest BCUT2D eigenvalue weighted by Gasteiger charge is -2.31. The van der Waals surface area contributed by atoms with E-state index in [1.54, 1.807) is 11.3 Å². The summed E-state index contributed by atoms with van der Waals surface area (Å²) in [5, 5.41) is 7.79. The van der Waals surface area contributed by atoms with Crippen LogP contribution in [0.25, 0.3) is 10.9 Å². The fourth-order valence-corrected chi connectivity index (χ4v) is 8.03. The summed E-state index contributed by atoms with van der Waals surface area (Å²) < 4.78 is 0. The number of carbonyl (C=O) groups excluding carboxylic acids is 1. The van der Waals surface area contributed by atoms with E-state index in [9.17, 15) is 4.79 Å². The number of anilines is 2. The maximum Gasteiger partial charge on any atom is 0.222 e. The Bertz CT molecular complexity index is 1380. The van der Waals surface area contributed by atoms with Crippen molar-refractivity contribution in [3.8, 4) is 0 Å². The van der Waals surface area contributed by atoms with Crippen LogP contribution < -0.4 is 15.1 Å². The SMILES string of the molecule is Cc1cc2cccnc2c(N2CCCN(C(CC(=O)NCCN3CCCC3)c3csc(N4CCC(C)CC4)n3)CC2)c1C. The first-order chi connectivity index (χ1) is 21.0. The molecule has 3 fully saturated rings. The second-order valence-electron chi connectivity index (χ2n) is 13.0. The van der Waals surface area contributed by atoms with Crippen LogP contribution in [0.5, 0.6) is 0 Å². The average molecular weight is 604 g/mol. The molecule has 5 heterocycles. The van der Waals surface area contributed by atoms with Crippen LogP contribution in [0.4, 0.5) is 10.8 Å². The molecule has 1 unspecified atom stereocenters. The largest absolute Gasteiger partial charge is 0.368 e. The second-order valence-corrected chi connectivity index (χ2v) is 13.8. The van der Waals surface area contributed by atoms with Crippen LogP contribution in [0, 0.1) is 19.8 Å². The van der Waals surface area contributed by atoms with Gasteiger partial charge in [-0.3, -0.25) is 14.7 Å². The number of hydrogen-bond acceptors (Lipinski definition) is 8. The van der Waals surface area contributed by atoms with Crippen molar-refractivity contribution in [2.45, 2.75) is 65.3 Å². The summed E-state index contributed by atoms with van der Waals surface area (Å²) in [5.41, 5.74) is 6.04. The lowest BCUT2D eigenvalue weighted by Crippen LogP contribution is -2.39. The minimum atomic E-state index is -0.0195. The van der Waals surface area contributed by atoms with E-state index in [0.717, 1.165) is 94.1 Å². The number of likely N-dealkylation sites (tertiary alicyclic amines) is 1. The molecule has 1 amide bonds. The van der Waals surface area contributed by atoms with E-state index in [1.165, 1.54) is 47.9 Å². The maximum absolute atomic E-state index is 13.4. The van der Waals surface area contributed by atoms with Crippen LogP contribution in [-0.2, 0) is 4.79 Å². The van der Waals surface area contributed by atoms with Crippen LogP contribution in [0.3, 0.4) is 0 Å². The number of amides is 1. The van der Waals surface area contributed by atoms with Gasteiger partial charge in [0.1, 0.15) is 0 Å². The number of rotatable bonds is 9. The molecule has 0 saturated carbocycles. The normalized spacial score (nSPS) is 20.1. The lowest BCUT2D eigenvalue weighted by atomic mass is 10.00. The van der Waals surface area contributed by atoms with Gasteiger partial charge in [0.15, 0.2) is 5.13 Å². The van der Waals surface area contributed by atoms with Gasteiger partial charge in [0.05, 0.1) is 22.9 Å². The third kappa shape index (κ3) is 7.15. The Morgan fingerprint density at radius 1 is 1.02 bits per heavy atom. The van der Waals surface area contributed by atoms with Crippen molar-refractivity contribution in [2.75, 3.05) is 75.2 Å². The highest BCUT2D eigenvalue weighted by Crippen LogP contribution is 2.35. The number of piperidine rings is 1. The molecule has 0 bridgehead atoms. The zero-order valence-electron chi connectivity index (χ0n) is 26.4. The molecule has 0 radical (unpaired) electrons. The van der Waals surface area contributed by atoms with Crippen molar-refractivity contribution in [2.24, 2.45) is 5.92 Å². The number of aromatic nitrogens is 2. The third-order valence-corrected chi connectivity index (χ3v) is 10.8. The number of pyridine rings is 1. The molecule has 0 spiro atoms. The monoisotopic (exact) mass is 603 g/mol. The Balaban J connectivity index is 1.19. The summed E-state index contributed by atoms with van der Waals surface area (Å²) in [6, 6.07) is 6.43. The average Bonchev–Trinajstić information content (AvgIpc) is 3.66. The number of fused-ring (bicyclic) bond motifs is 1. The molecule has 43 heavy (non-hydrogen) atoms. The predicted molar refractivity (Wildman–Crippen MR) is 178 cm³/mol. The number of carbonyl (C=O) groups is 1. The Kier molecular flexibility index (Phi) is 9.80. The van der Waals surface area contributed by atoms with Gasteiger partial charge in [-0.25, -0.2) is 4.98 Å². The molecule has 3 aliphatic rings. The van der Waals surface area contributed by atoms with Gasteiger partial charge >= 0.3 is 0 Å². The van der Waals surface area contributed by atoms with Crippen molar-refractivity contribution in [3.05, 3.63) is 46.6 Å². The van der Waals surface area contributed by atoms with Gasteiger partial charge in [-0.15, -0.1) is 11.3 Å². The molecule has 3 aliphatic heterocycles. The van der Waals surface area contributed by atoms with Crippen molar-refractivity contribution >= 4 is 39.0 Å². The Hall–Kier alpha value is -2.75. The molecule has 6 rings (SSSR count). The quantitative estimate of drug-likeness (QED) is 0.351. The lowest BCUT2D eigenvalue weighted by molar-refractivity contribution is -0.122. The van der Waals surface area contributed by atoms with E-state index in [4.69, 9.17) is 9.97 Å². The summed E-state index contributed by atoms with van der Waals surface area (Å²) in [5.74, 6) is 0.925. The van der Waals surface area contributed by atoms with E-state index in [-0.39, 0.29) is 11.9 Å². The van der Waals surface area contributed by atoms with Gasteiger partial charge in [-0.2, -0.15) is 0 Å². The molecule has 3 saturated heterocycles. The first kappa shape index (κ1) is 30.3. The highest BCUT2D eigenvalue weighted by molar-refractivity contribution is 7.13. The molecule has 9 heteroatoms. The van der Waals surface area contributed by atoms with E-state index in [2.05, 4.69) is 63.2 Å². The van der Waals surface area contributed by atoms with Crippen molar-refractivity contribution < 1.29 is 4.79 Å². The highest BCUT2D eigenvalue weighted by Gasteiger charge is 2.30. The molecule has 3 aromatic rings. The Morgan fingerprint density at radius 2 is 1.84 bits per heavy atom. The second kappa shape index (κ2) is 13.9. The van der Waals surface area contributed by atoms with Crippen LogP contribution in [-0.4, -0.2) is 91.1 Å². The van der Waals surface area contributed by atoms with Gasteiger partial charge in [-0.05, 0) is 88.2 Å². The number of nitrogens with zero attached hydrogens (tertiary/aromatic N) is 6. The highest BCUT2D eigenvalue weighted by atomic mass is 32.1. The van der Waals surface area contributed by atoms with Crippen LogP contribution in [0.15, 0.2) is 29.8 Å². The van der Waals surface area contributed by atoms with E-state index >= 15 is 0 Å². The Labute approximate surface area is 261 Å². The number of nitrogens with one attached hydrogen (secondary N) is 1. The van der Waals surface area contributed by atoms with Gasteiger partial charge in [0, 0.05) is 75.7 Å². The van der Waals surface area contributed by atoms with Gasteiger partial charge < -0.3 is 20.0 Å². The topological polar surface area (TPSA) is 67.8 Å². The molecular formula is C34H49N7OS. The van der Waals surface area contributed by atoms with E-state index in [1.807, 2.05) is 12.3 Å². The number of hydrogen-bond donors (Lipinski definition) is 1. The minimum absolute atomic E-state index is 0.0195. The summed E-state index contributed by atoms with van der Waals surface area (Å²) in [4.78, 5) is 33.4. The van der Waals surface area contributed by atoms with E-state index in [0.29, 0.717) is 6.42 Å². The zero-order chi connectivity index (χ0) is 29.8. The van der Waals surface area contributed by atoms with Crippen molar-refractivity contribution in [1.29, 1.82) is 0 Å². The van der Waals surface area contributed by atoms with Gasteiger partial charge in [0.25, 0.3) is 0 Å². The number of aryl methyl sites for hydroxylation is 1. The molecule has 1 aromatic carbocycles. The molecule has 8 nitrogen and oxygen atoms in total. The fourth-order valence-electron chi connectivity index (χ4n) is 7.10. The summed E-state index contributed by atoms with van der Waals surface area (Å²) >= 11 is 1.75. The summed E-state index contributed by atoms with van der Waals surface area (Å²) in [6.07, 6.45) is 8.40. The van der Waals surface area contributed by atoms with Crippen LogP contribution in [0.1, 0.15) is 68.3 Å². The summed E-state index contributed by atoms with van der Waals surface area (Å²) in [7, 11) is 0.